The quantitative estimate of drug-likeness (QED) is 0.457. The second kappa shape index (κ2) is 9.78. The summed E-state index contributed by atoms with van der Waals surface area (Å²) in [7, 11) is 0. The van der Waals surface area contributed by atoms with Crippen LogP contribution in [0, 0.1) is 19.8 Å². The van der Waals surface area contributed by atoms with Crippen molar-refractivity contribution in [3.63, 3.8) is 0 Å². The molecule has 7 heteroatoms. The van der Waals surface area contributed by atoms with E-state index < -0.39 is 0 Å². The number of rotatable bonds is 6. The van der Waals surface area contributed by atoms with Crippen LogP contribution in [0.4, 0.5) is 5.82 Å². The lowest BCUT2D eigenvalue weighted by Crippen LogP contribution is -2.45. The van der Waals surface area contributed by atoms with Crippen molar-refractivity contribution < 1.29 is 9.21 Å². The predicted molar refractivity (Wildman–Crippen MR) is 137 cm³/mol. The summed E-state index contributed by atoms with van der Waals surface area (Å²) in [5, 5.41) is 2.98. The van der Waals surface area contributed by atoms with Crippen LogP contribution in [0.1, 0.15) is 35.5 Å². The van der Waals surface area contributed by atoms with Crippen LogP contribution in [0.5, 0.6) is 0 Å². The molecule has 7 nitrogen and oxygen atoms in total. The SMILES string of the molecule is Cc1ccc(Cn2c(=O)c(N3CCCC(C(=O)NCc4ccc(C)o4)C3)nc3ccccc32)cc1. The number of carbonyl (C=O) groups excluding carboxylic acids is 1. The van der Waals surface area contributed by atoms with Gasteiger partial charge in [0, 0.05) is 13.1 Å². The second-order valence-electron chi connectivity index (χ2n) is 9.32. The zero-order valence-electron chi connectivity index (χ0n) is 20.2. The number of piperidine rings is 1. The Kier molecular flexibility index (Phi) is 6.40. The molecule has 1 saturated heterocycles. The van der Waals surface area contributed by atoms with Crippen molar-refractivity contribution in [1.29, 1.82) is 0 Å². The van der Waals surface area contributed by atoms with E-state index in [0.717, 1.165) is 41.0 Å². The maximum Gasteiger partial charge on any atom is 0.294 e. The van der Waals surface area contributed by atoms with Gasteiger partial charge in [-0.1, -0.05) is 42.0 Å². The monoisotopic (exact) mass is 470 g/mol. The first kappa shape index (κ1) is 22.9. The molecular weight excluding hydrogens is 440 g/mol. The highest BCUT2D eigenvalue weighted by atomic mass is 16.3. The molecule has 3 heterocycles. The highest BCUT2D eigenvalue weighted by molar-refractivity contribution is 5.80. The molecule has 1 unspecified atom stereocenters. The topological polar surface area (TPSA) is 80.4 Å². The number of aromatic nitrogens is 2. The van der Waals surface area contributed by atoms with E-state index in [-0.39, 0.29) is 17.4 Å². The van der Waals surface area contributed by atoms with Crippen molar-refractivity contribution in [3.8, 4) is 0 Å². The third-order valence-corrected chi connectivity index (χ3v) is 6.62. The summed E-state index contributed by atoms with van der Waals surface area (Å²) in [6, 6.07) is 19.7. The standard InChI is InChI=1S/C28H30N4O3/c1-19-9-12-21(13-10-19)17-32-25-8-4-3-7-24(25)30-26(28(32)34)31-15-5-6-22(18-31)27(33)29-16-23-14-11-20(2)35-23/h3-4,7-14,22H,5-6,15-18H2,1-2H3,(H,29,33). The zero-order valence-corrected chi connectivity index (χ0v) is 20.2. The van der Waals surface area contributed by atoms with Crippen molar-refractivity contribution >= 4 is 22.8 Å². The van der Waals surface area contributed by atoms with E-state index in [9.17, 15) is 9.59 Å². The lowest BCUT2D eigenvalue weighted by atomic mass is 9.97. The highest BCUT2D eigenvalue weighted by Crippen LogP contribution is 2.22. The van der Waals surface area contributed by atoms with Crippen LogP contribution in [0.25, 0.3) is 11.0 Å². The number of para-hydroxylation sites is 2. The Bertz CT molecular complexity index is 1400. The Morgan fingerprint density at radius 1 is 1.09 bits per heavy atom. The van der Waals surface area contributed by atoms with Gasteiger partial charge in [0.15, 0.2) is 5.82 Å². The summed E-state index contributed by atoms with van der Waals surface area (Å²) in [5.74, 6) is 1.73. The number of nitrogens with one attached hydrogen (secondary N) is 1. The largest absolute Gasteiger partial charge is 0.465 e. The predicted octanol–water partition coefficient (Wildman–Crippen LogP) is 4.19. The number of aryl methyl sites for hydroxylation is 2. The highest BCUT2D eigenvalue weighted by Gasteiger charge is 2.28. The Hall–Kier alpha value is -3.87. The Morgan fingerprint density at radius 2 is 1.89 bits per heavy atom. The van der Waals surface area contributed by atoms with Crippen LogP contribution < -0.4 is 15.8 Å². The Labute approximate surface area is 204 Å². The summed E-state index contributed by atoms with van der Waals surface area (Å²) in [6.07, 6.45) is 1.61. The van der Waals surface area contributed by atoms with Gasteiger partial charge in [0.05, 0.1) is 30.0 Å². The second-order valence-corrected chi connectivity index (χ2v) is 9.32. The molecule has 1 atom stereocenters. The first-order valence-corrected chi connectivity index (χ1v) is 12.1. The van der Waals surface area contributed by atoms with Crippen molar-refractivity contribution in [2.24, 2.45) is 5.92 Å². The van der Waals surface area contributed by atoms with Crippen LogP contribution in [-0.4, -0.2) is 28.5 Å². The lowest BCUT2D eigenvalue weighted by molar-refractivity contribution is -0.125. The van der Waals surface area contributed by atoms with Gasteiger partial charge in [0.1, 0.15) is 11.5 Å². The molecule has 0 aliphatic carbocycles. The molecule has 0 saturated carbocycles. The molecule has 1 aliphatic rings. The van der Waals surface area contributed by atoms with E-state index in [0.29, 0.717) is 32.0 Å². The van der Waals surface area contributed by atoms with E-state index in [2.05, 4.69) is 36.5 Å². The van der Waals surface area contributed by atoms with E-state index >= 15 is 0 Å². The Balaban J connectivity index is 1.40. The van der Waals surface area contributed by atoms with Crippen LogP contribution in [-0.2, 0) is 17.9 Å². The molecule has 35 heavy (non-hydrogen) atoms. The normalized spacial score (nSPS) is 15.9. The average molecular weight is 471 g/mol. The summed E-state index contributed by atoms with van der Waals surface area (Å²) in [4.78, 5) is 33.3. The maximum atomic E-state index is 13.7. The molecule has 0 radical (unpaired) electrons. The molecular formula is C28H30N4O3. The molecule has 180 valence electrons. The molecule has 1 amide bonds. The number of anilines is 1. The average Bonchev–Trinajstić information content (AvgIpc) is 3.30. The minimum atomic E-state index is -0.210. The fourth-order valence-electron chi connectivity index (χ4n) is 4.70. The third kappa shape index (κ3) is 4.99. The molecule has 1 aliphatic heterocycles. The molecule has 2 aromatic carbocycles. The number of nitrogens with zero attached hydrogens (tertiary/aromatic N) is 3. The van der Waals surface area contributed by atoms with Crippen LogP contribution >= 0.6 is 0 Å². The van der Waals surface area contributed by atoms with Gasteiger partial charge in [-0.05, 0) is 56.5 Å². The van der Waals surface area contributed by atoms with Gasteiger partial charge >= 0.3 is 0 Å². The molecule has 5 rings (SSSR count). The molecule has 1 N–H and O–H groups in total. The number of hydrogen-bond acceptors (Lipinski definition) is 5. The Morgan fingerprint density at radius 3 is 2.66 bits per heavy atom. The number of fused-ring (bicyclic) bond motifs is 1. The number of furan rings is 1. The van der Waals surface area contributed by atoms with Gasteiger partial charge in [-0.2, -0.15) is 0 Å². The number of benzene rings is 2. The van der Waals surface area contributed by atoms with Gasteiger partial charge in [0.25, 0.3) is 5.56 Å². The van der Waals surface area contributed by atoms with Crippen LogP contribution in [0.2, 0.25) is 0 Å². The van der Waals surface area contributed by atoms with E-state index in [1.54, 1.807) is 4.57 Å². The van der Waals surface area contributed by atoms with Gasteiger partial charge in [-0.25, -0.2) is 4.98 Å². The van der Waals surface area contributed by atoms with Crippen molar-refractivity contribution in [3.05, 3.63) is 93.7 Å². The smallest absolute Gasteiger partial charge is 0.294 e. The summed E-state index contributed by atoms with van der Waals surface area (Å²) in [6.45, 7) is 5.93. The number of amides is 1. The number of carbonyl (C=O) groups is 1. The minimum absolute atomic E-state index is 0.0236. The fraction of sp³-hybridized carbons (Fsp3) is 0.321. The van der Waals surface area contributed by atoms with Gasteiger partial charge in [0.2, 0.25) is 5.91 Å². The van der Waals surface area contributed by atoms with Crippen LogP contribution in [0.15, 0.2) is 69.9 Å². The summed E-state index contributed by atoms with van der Waals surface area (Å²) >= 11 is 0. The summed E-state index contributed by atoms with van der Waals surface area (Å²) < 4.78 is 7.35. The minimum Gasteiger partial charge on any atom is -0.465 e. The molecule has 4 aromatic rings. The van der Waals surface area contributed by atoms with E-state index in [1.165, 1.54) is 5.56 Å². The van der Waals surface area contributed by atoms with Crippen molar-refractivity contribution in [1.82, 2.24) is 14.9 Å². The van der Waals surface area contributed by atoms with Crippen molar-refractivity contribution in [2.45, 2.75) is 39.8 Å². The third-order valence-electron chi connectivity index (χ3n) is 6.62. The van der Waals surface area contributed by atoms with E-state index in [1.807, 2.05) is 48.2 Å². The lowest BCUT2D eigenvalue weighted by Gasteiger charge is -2.32. The zero-order chi connectivity index (χ0) is 24.4. The molecule has 1 fully saturated rings. The van der Waals surface area contributed by atoms with E-state index in [4.69, 9.17) is 9.40 Å². The van der Waals surface area contributed by atoms with Gasteiger partial charge in [-0.15, -0.1) is 0 Å². The first-order valence-electron chi connectivity index (χ1n) is 12.1. The fourth-order valence-corrected chi connectivity index (χ4v) is 4.70. The molecule has 0 spiro atoms. The maximum absolute atomic E-state index is 13.7. The molecule has 2 aromatic heterocycles. The van der Waals surface area contributed by atoms with Crippen LogP contribution in [0.3, 0.4) is 0 Å². The van der Waals surface area contributed by atoms with Gasteiger partial charge in [-0.3, -0.25) is 14.2 Å². The summed E-state index contributed by atoms with van der Waals surface area (Å²) in [5.41, 5.74) is 3.69. The van der Waals surface area contributed by atoms with Crippen molar-refractivity contribution in [2.75, 3.05) is 18.0 Å². The number of hydrogen-bond donors (Lipinski definition) is 1. The first-order chi connectivity index (χ1) is 17.0. The molecule has 0 bridgehead atoms. The van der Waals surface area contributed by atoms with Gasteiger partial charge < -0.3 is 14.6 Å².